The molecule has 0 aliphatic rings. The Labute approximate surface area is 123 Å². The Morgan fingerprint density at radius 1 is 1.30 bits per heavy atom. The number of amides is 1. The van der Waals surface area contributed by atoms with Gasteiger partial charge in [0.2, 0.25) is 10.0 Å². The van der Waals surface area contributed by atoms with Crippen molar-refractivity contribution in [2.75, 3.05) is 6.54 Å². The fraction of sp³-hybridized carbons (Fsp3) is 0.333. The molecular formula is C12H16ClN3O3S. The number of benzene rings is 1. The SMILES string of the molecule is CCC(C)=NNC(=O)CNS(=O)(=O)c1ccc(Cl)cc1. The molecule has 0 radical (unpaired) electrons. The molecule has 0 aliphatic heterocycles. The van der Waals surface area contributed by atoms with E-state index < -0.39 is 15.9 Å². The minimum Gasteiger partial charge on any atom is -0.272 e. The van der Waals surface area contributed by atoms with Gasteiger partial charge < -0.3 is 0 Å². The van der Waals surface area contributed by atoms with Crippen LogP contribution in [0.3, 0.4) is 0 Å². The van der Waals surface area contributed by atoms with Crippen molar-refractivity contribution in [2.45, 2.75) is 25.2 Å². The van der Waals surface area contributed by atoms with Gasteiger partial charge in [-0.2, -0.15) is 5.10 Å². The summed E-state index contributed by atoms with van der Waals surface area (Å²) in [7, 11) is -3.73. The molecule has 0 atom stereocenters. The summed E-state index contributed by atoms with van der Waals surface area (Å²) < 4.78 is 25.9. The Balaban J connectivity index is 2.60. The molecule has 0 unspecified atom stereocenters. The molecule has 1 amide bonds. The Hall–Kier alpha value is -1.44. The van der Waals surface area contributed by atoms with Crippen molar-refractivity contribution in [3.05, 3.63) is 29.3 Å². The smallest absolute Gasteiger partial charge is 0.255 e. The van der Waals surface area contributed by atoms with Gasteiger partial charge in [0.1, 0.15) is 0 Å². The summed E-state index contributed by atoms with van der Waals surface area (Å²) >= 11 is 5.68. The largest absolute Gasteiger partial charge is 0.272 e. The first-order valence-corrected chi connectivity index (χ1v) is 7.78. The third-order valence-corrected chi connectivity index (χ3v) is 4.10. The predicted molar refractivity (Wildman–Crippen MR) is 78.2 cm³/mol. The summed E-state index contributed by atoms with van der Waals surface area (Å²) in [6.07, 6.45) is 0.705. The van der Waals surface area contributed by atoms with Crippen LogP contribution < -0.4 is 10.1 Å². The number of nitrogens with zero attached hydrogens (tertiary/aromatic N) is 1. The van der Waals surface area contributed by atoms with E-state index in [1.54, 1.807) is 6.92 Å². The molecule has 0 spiro atoms. The molecule has 1 aromatic rings. The zero-order valence-corrected chi connectivity index (χ0v) is 12.8. The summed E-state index contributed by atoms with van der Waals surface area (Å²) in [5.41, 5.74) is 3.02. The van der Waals surface area contributed by atoms with E-state index in [2.05, 4.69) is 15.2 Å². The second-order valence-corrected chi connectivity index (χ2v) is 6.22. The normalized spacial score (nSPS) is 12.2. The molecule has 0 bridgehead atoms. The van der Waals surface area contributed by atoms with Gasteiger partial charge >= 0.3 is 0 Å². The Kier molecular flexibility index (Phi) is 6.12. The lowest BCUT2D eigenvalue weighted by Gasteiger charge is -2.06. The van der Waals surface area contributed by atoms with Crippen LogP contribution in [0.1, 0.15) is 20.3 Å². The summed E-state index contributed by atoms with van der Waals surface area (Å²) in [6.45, 7) is 3.28. The molecule has 0 heterocycles. The van der Waals surface area contributed by atoms with E-state index in [1.165, 1.54) is 24.3 Å². The fourth-order valence-electron chi connectivity index (χ4n) is 1.13. The highest BCUT2D eigenvalue weighted by Gasteiger charge is 2.15. The van der Waals surface area contributed by atoms with Crippen molar-refractivity contribution in [3.63, 3.8) is 0 Å². The summed E-state index contributed by atoms with van der Waals surface area (Å²) in [5.74, 6) is -0.532. The van der Waals surface area contributed by atoms with E-state index in [1.807, 2.05) is 6.92 Å². The average Bonchev–Trinajstić information content (AvgIpc) is 2.43. The Morgan fingerprint density at radius 2 is 1.90 bits per heavy atom. The highest BCUT2D eigenvalue weighted by Crippen LogP contribution is 2.13. The summed E-state index contributed by atoms with van der Waals surface area (Å²) in [6, 6.07) is 5.65. The minimum atomic E-state index is -3.73. The van der Waals surface area contributed by atoms with Crippen LogP contribution in [0.4, 0.5) is 0 Å². The highest BCUT2D eigenvalue weighted by molar-refractivity contribution is 7.89. The maximum Gasteiger partial charge on any atom is 0.255 e. The van der Waals surface area contributed by atoms with E-state index in [-0.39, 0.29) is 11.4 Å². The first-order valence-electron chi connectivity index (χ1n) is 5.92. The number of hydrogen-bond acceptors (Lipinski definition) is 4. The van der Waals surface area contributed by atoms with Gasteiger partial charge in [0.25, 0.3) is 5.91 Å². The standard InChI is InChI=1S/C12H16ClN3O3S/c1-3-9(2)15-16-12(17)8-14-20(18,19)11-6-4-10(13)5-7-11/h4-7,14H,3,8H2,1-2H3,(H,16,17). The first-order chi connectivity index (χ1) is 9.35. The number of hydrogen-bond donors (Lipinski definition) is 2. The lowest BCUT2D eigenvalue weighted by atomic mass is 10.3. The molecule has 0 aliphatic carbocycles. The topological polar surface area (TPSA) is 87.6 Å². The third kappa shape index (κ3) is 5.28. The van der Waals surface area contributed by atoms with E-state index in [4.69, 9.17) is 11.6 Å². The number of carbonyl (C=O) groups excluding carboxylic acids is 1. The summed E-state index contributed by atoms with van der Waals surface area (Å²) in [5, 5.41) is 4.23. The van der Waals surface area contributed by atoms with Crippen molar-refractivity contribution in [1.82, 2.24) is 10.1 Å². The van der Waals surface area contributed by atoms with Crippen LogP contribution in [0.15, 0.2) is 34.3 Å². The van der Waals surface area contributed by atoms with Gasteiger partial charge in [-0.25, -0.2) is 18.6 Å². The molecule has 0 fully saturated rings. The monoisotopic (exact) mass is 317 g/mol. The van der Waals surface area contributed by atoms with Crippen molar-refractivity contribution in [3.8, 4) is 0 Å². The van der Waals surface area contributed by atoms with Crippen molar-refractivity contribution in [1.29, 1.82) is 0 Å². The van der Waals surface area contributed by atoms with Crippen molar-refractivity contribution >= 4 is 33.2 Å². The molecule has 110 valence electrons. The minimum absolute atomic E-state index is 0.0444. The number of rotatable bonds is 6. The van der Waals surface area contributed by atoms with Crippen molar-refractivity contribution < 1.29 is 13.2 Å². The van der Waals surface area contributed by atoms with E-state index in [0.717, 1.165) is 5.71 Å². The van der Waals surface area contributed by atoms with Gasteiger partial charge in [0, 0.05) is 10.7 Å². The maximum absolute atomic E-state index is 11.9. The average molecular weight is 318 g/mol. The second kappa shape index (κ2) is 7.37. The maximum atomic E-state index is 11.9. The van der Waals surface area contributed by atoms with Gasteiger partial charge in [-0.15, -0.1) is 0 Å². The number of hydrazone groups is 1. The van der Waals surface area contributed by atoms with Crippen LogP contribution in [0.25, 0.3) is 0 Å². The van der Waals surface area contributed by atoms with Gasteiger partial charge in [0.05, 0.1) is 11.4 Å². The molecule has 1 rings (SSSR count). The van der Waals surface area contributed by atoms with Gasteiger partial charge in [-0.3, -0.25) is 4.79 Å². The molecule has 6 nitrogen and oxygen atoms in total. The fourth-order valence-corrected chi connectivity index (χ4v) is 2.24. The molecule has 1 aromatic carbocycles. The second-order valence-electron chi connectivity index (χ2n) is 4.01. The molecule has 0 aromatic heterocycles. The summed E-state index contributed by atoms with van der Waals surface area (Å²) in [4.78, 5) is 11.5. The van der Waals surface area contributed by atoms with Crippen molar-refractivity contribution in [2.24, 2.45) is 5.10 Å². The zero-order chi connectivity index (χ0) is 15.2. The lowest BCUT2D eigenvalue weighted by molar-refractivity contribution is -0.119. The van der Waals surface area contributed by atoms with Gasteiger partial charge in [-0.05, 0) is 37.6 Å². The molecule has 0 saturated heterocycles. The van der Waals surface area contributed by atoms with Crippen LogP contribution in [-0.2, 0) is 14.8 Å². The molecule has 0 saturated carbocycles. The number of carbonyl (C=O) groups is 1. The highest BCUT2D eigenvalue weighted by atomic mass is 35.5. The van der Waals surface area contributed by atoms with Crippen LogP contribution in [0, 0.1) is 0 Å². The van der Waals surface area contributed by atoms with Gasteiger partial charge in [0.15, 0.2) is 0 Å². The predicted octanol–water partition coefficient (Wildman–Crippen LogP) is 1.52. The van der Waals surface area contributed by atoms with Crippen LogP contribution in [0.2, 0.25) is 5.02 Å². The van der Waals surface area contributed by atoms with Crippen LogP contribution in [0.5, 0.6) is 0 Å². The van der Waals surface area contributed by atoms with Crippen LogP contribution in [-0.4, -0.2) is 26.6 Å². The molecular weight excluding hydrogens is 302 g/mol. The molecule has 8 heteroatoms. The van der Waals surface area contributed by atoms with E-state index >= 15 is 0 Å². The first kappa shape index (κ1) is 16.6. The Morgan fingerprint density at radius 3 is 2.45 bits per heavy atom. The lowest BCUT2D eigenvalue weighted by Crippen LogP contribution is -2.35. The zero-order valence-electron chi connectivity index (χ0n) is 11.2. The third-order valence-electron chi connectivity index (χ3n) is 2.43. The Bertz CT molecular complexity index is 597. The molecule has 20 heavy (non-hydrogen) atoms. The van der Waals surface area contributed by atoms with Crippen LogP contribution >= 0.6 is 11.6 Å². The quantitative estimate of drug-likeness (QED) is 0.616. The van der Waals surface area contributed by atoms with Gasteiger partial charge in [-0.1, -0.05) is 18.5 Å². The van der Waals surface area contributed by atoms with E-state index in [9.17, 15) is 13.2 Å². The van der Waals surface area contributed by atoms with E-state index in [0.29, 0.717) is 11.4 Å². The number of sulfonamides is 1. The number of nitrogens with one attached hydrogen (secondary N) is 2. The molecule has 2 N–H and O–H groups in total. The number of halogens is 1.